The van der Waals surface area contributed by atoms with Crippen molar-refractivity contribution in [3.05, 3.63) is 0 Å². The SMILES string of the molecule is CC1CCC(C2(C)CCC(C)CC2)CC1. The molecule has 0 unspecified atom stereocenters. The van der Waals surface area contributed by atoms with Gasteiger partial charge in [0.2, 0.25) is 0 Å². The Balaban J connectivity index is 1.91. The molecule has 2 aliphatic rings. The monoisotopic (exact) mass is 208 g/mol. The van der Waals surface area contributed by atoms with Crippen molar-refractivity contribution in [3.63, 3.8) is 0 Å². The van der Waals surface area contributed by atoms with Crippen molar-refractivity contribution < 1.29 is 0 Å². The molecule has 0 amide bonds. The highest BCUT2D eigenvalue weighted by atomic mass is 14.4. The molecule has 2 rings (SSSR count). The first-order chi connectivity index (χ1) is 7.10. The minimum atomic E-state index is 0.715. The normalized spacial score (nSPS) is 47.8. The zero-order valence-electron chi connectivity index (χ0n) is 10.9. The van der Waals surface area contributed by atoms with Gasteiger partial charge in [-0.1, -0.05) is 46.5 Å². The maximum Gasteiger partial charge on any atom is -0.0297 e. The molecule has 0 radical (unpaired) electrons. The van der Waals surface area contributed by atoms with E-state index in [9.17, 15) is 0 Å². The first-order valence-electron chi connectivity index (χ1n) is 7.10. The minimum absolute atomic E-state index is 0.715. The summed E-state index contributed by atoms with van der Waals surface area (Å²) in [6.45, 7) is 7.45. The highest BCUT2D eigenvalue weighted by Crippen LogP contribution is 2.49. The fourth-order valence-electron chi connectivity index (χ4n) is 3.79. The maximum absolute atomic E-state index is 2.58. The van der Waals surface area contributed by atoms with Crippen LogP contribution in [0, 0.1) is 23.2 Å². The zero-order valence-corrected chi connectivity index (χ0v) is 10.9. The summed E-state index contributed by atoms with van der Waals surface area (Å²) in [6.07, 6.45) is 12.0. The lowest BCUT2D eigenvalue weighted by Crippen LogP contribution is -2.34. The van der Waals surface area contributed by atoms with Gasteiger partial charge in [-0.3, -0.25) is 0 Å². The van der Waals surface area contributed by atoms with Crippen LogP contribution >= 0.6 is 0 Å². The molecule has 0 nitrogen and oxygen atoms in total. The van der Waals surface area contributed by atoms with Crippen LogP contribution in [0.1, 0.15) is 72.1 Å². The Bertz CT molecular complexity index is 190. The quantitative estimate of drug-likeness (QED) is 0.567. The van der Waals surface area contributed by atoms with Crippen LogP contribution in [-0.2, 0) is 0 Å². The summed E-state index contributed by atoms with van der Waals surface area (Å²) >= 11 is 0. The van der Waals surface area contributed by atoms with Gasteiger partial charge in [-0.05, 0) is 48.9 Å². The van der Waals surface area contributed by atoms with Crippen molar-refractivity contribution in [2.24, 2.45) is 23.2 Å². The fourth-order valence-corrected chi connectivity index (χ4v) is 3.79. The van der Waals surface area contributed by atoms with E-state index in [0.29, 0.717) is 5.41 Å². The lowest BCUT2D eigenvalue weighted by molar-refractivity contribution is 0.0609. The van der Waals surface area contributed by atoms with E-state index in [1.165, 1.54) is 51.4 Å². The summed E-state index contributed by atoms with van der Waals surface area (Å²) in [6, 6.07) is 0. The highest BCUT2D eigenvalue weighted by molar-refractivity contribution is 4.89. The molecule has 0 aromatic heterocycles. The molecule has 0 aromatic rings. The molecule has 2 aliphatic carbocycles. The highest BCUT2D eigenvalue weighted by Gasteiger charge is 2.37. The standard InChI is InChI=1S/C15H28/c1-12-4-6-14(7-5-12)15(3)10-8-13(2)9-11-15/h12-14H,4-11H2,1-3H3. The molecular formula is C15H28. The molecule has 0 N–H and O–H groups in total. The van der Waals surface area contributed by atoms with Crippen LogP contribution in [0.2, 0.25) is 0 Å². The second-order valence-electron chi connectivity index (χ2n) is 6.79. The first-order valence-corrected chi connectivity index (χ1v) is 7.10. The van der Waals surface area contributed by atoms with Crippen molar-refractivity contribution in [2.45, 2.75) is 72.1 Å². The molecule has 0 aromatic carbocycles. The summed E-state index contributed by atoms with van der Waals surface area (Å²) in [5, 5.41) is 0. The van der Waals surface area contributed by atoms with Crippen LogP contribution in [0.15, 0.2) is 0 Å². The van der Waals surface area contributed by atoms with Gasteiger partial charge in [-0.25, -0.2) is 0 Å². The van der Waals surface area contributed by atoms with E-state index in [2.05, 4.69) is 20.8 Å². The van der Waals surface area contributed by atoms with Gasteiger partial charge in [0.05, 0.1) is 0 Å². The molecule has 2 fully saturated rings. The zero-order chi connectivity index (χ0) is 10.9. The molecule has 0 atom stereocenters. The largest absolute Gasteiger partial charge is 0.0625 e. The Kier molecular flexibility index (Phi) is 3.42. The van der Waals surface area contributed by atoms with Crippen LogP contribution in [0.25, 0.3) is 0 Å². The molecule has 88 valence electrons. The van der Waals surface area contributed by atoms with Gasteiger partial charge in [0.25, 0.3) is 0 Å². The van der Waals surface area contributed by atoms with Gasteiger partial charge in [0.1, 0.15) is 0 Å². The van der Waals surface area contributed by atoms with Gasteiger partial charge in [0.15, 0.2) is 0 Å². The topological polar surface area (TPSA) is 0 Å². The van der Waals surface area contributed by atoms with Crippen molar-refractivity contribution in [1.82, 2.24) is 0 Å². The average molecular weight is 208 g/mol. The lowest BCUT2D eigenvalue weighted by Gasteiger charge is -2.45. The summed E-state index contributed by atoms with van der Waals surface area (Å²) in [5.74, 6) is 3.06. The van der Waals surface area contributed by atoms with E-state index >= 15 is 0 Å². The Morgan fingerprint density at radius 1 is 0.733 bits per heavy atom. The Morgan fingerprint density at radius 3 is 1.73 bits per heavy atom. The Morgan fingerprint density at radius 2 is 1.20 bits per heavy atom. The van der Waals surface area contributed by atoms with E-state index in [-0.39, 0.29) is 0 Å². The first kappa shape index (κ1) is 11.5. The molecule has 0 bridgehead atoms. The molecule has 0 saturated heterocycles. The van der Waals surface area contributed by atoms with Crippen molar-refractivity contribution in [3.8, 4) is 0 Å². The second-order valence-corrected chi connectivity index (χ2v) is 6.79. The number of hydrogen-bond acceptors (Lipinski definition) is 0. The summed E-state index contributed by atoms with van der Waals surface area (Å²) < 4.78 is 0. The van der Waals surface area contributed by atoms with Crippen LogP contribution in [0.5, 0.6) is 0 Å². The molecular weight excluding hydrogens is 180 g/mol. The van der Waals surface area contributed by atoms with Gasteiger partial charge >= 0.3 is 0 Å². The molecule has 0 aliphatic heterocycles. The van der Waals surface area contributed by atoms with Crippen LogP contribution in [0.4, 0.5) is 0 Å². The van der Waals surface area contributed by atoms with Gasteiger partial charge in [-0.2, -0.15) is 0 Å². The maximum atomic E-state index is 2.58. The Labute approximate surface area is 95.8 Å². The third kappa shape index (κ3) is 2.57. The average Bonchev–Trinajstić information content (AvgIpc) is 2.24. The summed E-state index contributed by atoms with van der Waals surface area (Å²) in [5.41, 5.74) is 0.715. The van der Waals surface area contributed by atoms with E-state index in [4.69, 9.17) is 0 Å². The predicted molar refractivity (Wildman–Crippen MR) is 66.9 cm³/mol. The molecule has 0 heteroatoms. The second kappa shape index (κ2) is 4.47. The molecule has 2 saturated carbocycles. The number of rotatable bonds is 1. The van der Waals surface area contributed by atoms with Gasteiger partial charge in [0, 0.05) is 0 Å². The fraction of sp³-hybridized carbons (Fsp3) is 1.00. The van der Waals surface area contributed by atoms with Gasteiger partial charge in [-0.15, -0.1) is 0 Å². The lowest BCUT2D eigenvalue weighted by atomic mass is 9.60. The van der Waals surface area contributed by atoms with Gasteiger partial charge < -0.3 is 0 Å². The van der Waals surface area contributed by atoms with Crippen molar-refractivity contribution in [1.29, 1.82) is 0 Å². The van der Waals surface area contributed by atoms with E-state index in [0.717, 1.165) is 17.8 Å². The molecule has 0 heterocycles. The third-order valence-corrected chi connectivity index (χ3v) is 5.42. The van der Waals surface area contributed by atoms with Crippen LogP contribution < -0.4 is 0 Å². The summed E-state index contributed by atoms with van der Waals surface area (Å²) in [7, 11) is 0. The van der Waals surface area contributed by atoms with E-state index < -0.39 is 0 Å². The molecule has 0 spiro atoms. The van der Waals surface area contributed by atoms with Crippen molar-refractivity contribution in [2.75, 3.05) is 0 Å². The minimum Gasteiger partial charge on any atom is -0.0625 e. The number of hydrogen-bond donors (Lipinski definition) is 0. The Hall–Kier alpha value is 0. The third-order valence-electron chi connectivity index (χ3n) is 5.42. The predicted octanol–water partition coefficient (Wildman–Crippen LogP) is 5.03. The van der Waals surface area contributed by atoms with Crippen LogP contribution in [-0.4, -0.2) is 0 Å². The van der Waals surface area contributed by atoms with E-state index in [1.54, 1.807) is 0 Å². The summed E-state index contributed by atoms with van der Waals surface area (Å²) in [4.78, 5) is 0. The molecule has 15 heavy (non-hydrogen) atoms. The van der Waals surface area contributed by atoms with Crippen molar-refractivity contribution >= 4 is 0 Å². The smallest absolute Gasteiger partial charge is 0.0297 e. The van der Waals surface area contributed by atoms with E-state index in [1.807, 2.05) is 0 Å². The van der Waals surface area contributed by atoms with Crippen LogP contribution in [0.3, 0.4) is 0 Å².